The minimum absolute atomic E-state index is 0.177. The Labute approximate surface area is 70.6 Å². The molecule has 1 atom stereocenters. The highest BCUT2D eigenvalue weighted by Gasteiger charge is 2.37. The van der Waals surface area contributed by atoms with Gasteiger partial charge in [0, 0.05) is 17.0 Å². The van der Waals surface area contributed by atoms with E-state index in [0.717, 1.165) is 12.3 Å². The Morgan fingerprint density at radius 2 is 2.36 bits per heavy atom. The van der Waals surface area contributed by atoms with Crippen LogP contribution in [0, 0.1) is 0 Å². The molecule has 0 spiro atoms. The molecule has 0 radical (unpaired) electrons. The second-order valence-corrected chi connectivity index (χ2v) is 4.93. The van der Waals surface area contributed by atoms with E-state index in [-0.39, 0.29) is 4.75 Å². The predicted molar refractivity (Wildman–Crippen MR) is 46.0 cm³/mol. The van der Waals surface area contributed by atoms with Gasteiger partial charge in [-0.05, 0) is 13.8 Å². The second-order valence-electron chi connectivity index (χ2n) is 3.18. The average Bonchev–Trinajstić information content (AvgIpc) is 1.85. The summed E-state index contributed by atoms with van der Waals surface area (Å²) in [6.45, 7) is 4.72. The Balaban J connectivity index is 2.67. The van der Waals surface area contributed by atoms with Gasteiger partial charge in [0.1, 0.15) is 6.04 Å². The van der Waals surface area contributed by atoms with Crippen LogP contribution in [-0.4, -0.2) is 34.2 Å². The number of carboxylic acids is 1. The first-order chi connectivity index (χ1) is 5.04. The van der Waals surface area contributed by atoms with Crippen LogP contribution >= 0.6 is 11.8 Å². The molecule has 0 bridgehead atoms. The first-order valence-electron chi connectivity index (χ1n) is 3.64. The van der Waals surface area contributed by atoms with E-state index >= 15 is 0 Å². The molecule has 11 heavy (non-hydrogen) atoms. The summed E-state index contributed by atoms with van der Waals surface area (Å²) in [5.41, 5.74) is 0. The first-order valence-corrected chi connectivity index (χ1v) is 4.63. The molecule has 0 aromatic carbocycles. The van der Waals surface area contributed by atoms with Crippen molar-refractivity contribution in [3.05, 3.63) is 0 Å². The summed E-state index contributed by atoms with van der Waals surface area (Å²) in [5.74, 6) is 0.249. The van der Waals surface area contributed by atoms with Crippen LogP contribution in [0.25, 0.3) is 0 Å². The molecule has 1 heterocycles. The number of carboxylic acid groups (broad SMARTS) is 1. The summed E-state index contributed by atoms with van der Waals surface area (Å²) in [6, 6.07) is -0.402. The van der Waals surface area contributed by atoms with E-state index < -0.39 is 12.0 Å². The van der Waals surface area contributed by atoms with Gasteiger partial charge in [-0.2, -0.15) is 11.8 Å². The van der Waals surface area contributed by atoms with Crippen LogP contribution in [0.1, 0.15) is 13.8 Å². The lowest BCUT2D eigenvalue weighted by molar-refractivity contribution is -0.140. The number of hydrogen-bond acceptors (Lipinski definition) is 3. The van der Waals surface area contributed by atoms with Crippen molar-refractivity contribution in [3.63, 3.8) is 0 Å². The Morgan fingerprint density at radius 3 is 2.73 bits per heavy atom. The number of carbonyl (C=O) groups is 1. The maximum Gasteiger partial charge on any atom is 0.322 e. The Morgan fingerprint density at radius 1 is 1.73 bits per heavy atom. The largest absolute Gasteiger partial charge is 0.480 e. The summed E-state index contributed by atoms with van der Waals surface area (Å²) in [4.78, 5) is 10.7. The molecule has 64 valence electrons. The van der Waals surface area contributed by atoms with Crippen LogP contribution in [0.5, 0.6) is 0 Å². The zero-order valence-corrected chi connectivity index (χ0v) is 7.57. The van der Waals surface area contributed by atoms with Gasteiger partial charge in [-0.3, -0.25) is 4.79 Å². The van der Waals surface area contributed by atoms with Crippen LogP contribution in [0.4, 0.5) is 0 Å². The van der Waals surface area contributed by atoms with Crippen LogP contribution in [0.3, 0.4) is 0 Å². The maximum absolute atomic E-state index is 10.7. The number of aliphatic carboxylic acids is 1. The normalized spacial score (nSPS) is 29.8. The van der Waals surface area contributed by atoms with Gasteiger partial charge in [0.15, 0.2) is 0 Å². The van der Waals surface area contributed by atoms with Crippen LogP contribution in [-0.2, 0) is 4.79 Å². The molecular formula is C7H13NO2S. The molecule has 3 nitrogen and oxygen atoms in total. The van der Waals surface area contributed by atoms with Crippen molar-refractivity contribution in [2.75, 3.05) is 12.3 Å². The van der Waals surface area contributed by atoms with Crippen molar-refractivity contribution < 1.29 is 9.90 Å². The SMILES string of the molecule is CC1(C)SCCN[C@@H]1C(=O)O. The molecular weight excluding hydrogens is 162 g/mol. The molecule has 1 saturated heterocycles. The molecule has 0 aliphatic carbocycles. The average molecular weight is 175 g/mol. The van der Waals surface area contributed by atoms with Crippen LogP contribution in [0.2, 0.25) is 0 Å². The zero-order valence-electron chi connectivity index (χ0n) is 6.76. The lowest BCUT2D eigenvalue weighted by Crippen LogP contribution is -2.54. The highest BCUT2D eigenvalue weighted by molar-refractivity contribution is 8.00. The minimum atomic E-state index is -0.748. The minimum Gasteiger partial charge on any atom is -0.480 e. The molecule has 1 aliphatic heterocycles. The van der Waals surface area contributed by atoms with E-state index in [2.05, 4.69) is 5.32 Å². The van der Waals surface area contributed by atoms with Crippen molar-refractivity contribution >= 4 is 17.7 Å². The zero-order chi connectivity index (χ0) is 8.48. The highest BCUT2D eigenvalue weighted by Crippen LogP contribution is 2.30. The third-order valence-electron chi connectivity index (χ3n) is 1.87. The standard InChI is InChI=1S/C7H13NO2S/c1-7(2)5(6(9)10)8-3-4-11-7/h5,8H,3-4H2,1-2H3,(H,9,10)/t5-/m1/s1. The van der Waals surface area contributed by atoms with Crippen LogP contribution < -0.4 is 5.32 Å². The summed E-state index contributed by atoms with van der Waals surface area (Å²) in [5, 5.41) is 11.8. The number of rotatable bonds is 1. The Kier molecular flexibility index (Phi) is 2.44. The fourth-order valence-corrected chi connectivity index (χ4v) is 2.33. The van der Waals surface area contributed by atoms with Gasteiger partial charge in [-0.1, -0.05) is 0 Å². The van der Waals surface area contributed by atoms with Gasteiger partial charge < -0.3 is 10.4 Å². The molecule has 2 N–H and O–H groups in total. The molecule has 0 aromatic rings. The predicted octanol–water partition coefficient (Wildman–Crippen LogP) is 0.555. The van der Waals surface area contributed by atoms with Gasteiger partial charge in [0.2, 0.25) is 0 Å². The summed E-state index contributed by atoms with van der Waals surface area (Å²) < 4.78 is -0.177. The molecule has 1 aliphatic rings. The van der Waals surface area contributed by atoms with E-state index in [0.29, 0.717) is 0 Å². The van der Waals surface area contributed by atoms with E-state index in [1.54, 1.807) is 11.8 Å². The third-order valence-corrected chi connectivity index (χ3v) is 3.25. The molecule has 4 heteroatoms. The van der Waals surface area contributed by atoms with E-state index in [1.165, 1.54) is 0 Å². The van der Waals surface area contributed by atoms with E-state index in [1.807, 2.05) is 13.8 Å². The maximum atomic E-state index is 10.7. The lowest BCUT2D eigenvalue weighted by Gasteiger charge is -2.35. The number of nitrogens with one attached hydrogen (secondary N) is 1. The van der Waals surface area contributed by atoms with Crippen molar-refractivity contribution in [2.24, 2.45) is 0 Å². The molecule has 1 fully saturated rings. The van der Waals surface area contributed by atoms with Crippen molar-refractivity contribution in [1.29, 1.82) is 0 Å². The summed E-state index contributed by atoms with van der Waals surface area (Å²) in [7, 11) is 0. The Hall–Kier alpha value is -0.220. The molecule has 0 amide bonds. The van der Waals surface area contributed by atoms with E-state index in [9.17, 15) is 4.79 Å². The summed E-state index contributed by atoms with van der Waals surface area (Å²) >= 11 is 1.71. The van der Waals surface area contributed by atoms with Crippen molar-refractivity contribution in [3.8, 4) is 0 Å². The van der Waals surface area contributed by atoms with Gasteiger partial charge in [-0.15, -0.1) is 0 Å². The topological polar surface area (TPSA) is 49.3 Å². The van der Waals surface area contributed by atoms with Crippen molar-refractivity contribution in [2.45, 2.75) is 24.6 Å². The second kappa shape index (κ2) is 3.03. The molecule has 0 unspecified atom stereocenters. The van der Waals surface area contributed by atoms with Gasteiger partial charge in [-0.25, -0.2) is 0 Å². The monoisotopic (exact) mass is 175 g/mol. The van der Waals surface area contributed by atoms with Gasteiger partial charge >= 0.3 is 5.97 Å². The Bertz CT molecular complexity index is 170. The van der Waals surface area contributed by atoms with Gasteiger partial charge in [0.05, 0.1) is 0 Å². The smallest absolute Gasteiger partial charge is 0.322 e. The number of hydrogen-bond donors (Lipinski definition) is 2. The fraction of sp³-hybridized carbons (Fsp3) is 0.857. The first kappa shape index (κ1) is 8.87. The van der Waals surface area contributed by atoms with Crippen LogP contribution in [0.15, 0.2) is 0 Å². The van der Waals surface area contributed by atoms with Gasteiger partial charge in [0.25, 0.3) is 0 Å². The molecule has 0 saturated carbocycles. The van der Waals surface area contributed by atoms with Crippen molar-refractivity contribution in [1.82, 2.24) is 5.32 Å². The summed E-state index contributed by atoms with van der Waals surface area (Å²) in [6.07, 6.45) is 0. The lowest BCUT2D eigenvalue weighted by atomic mass is 10.0. The quantitative estimate of drug-likeness (QED) is 0.611. The highest BCUT2D eigenvalue weighted by atomic mass is 32.2. The molecule has 1 rings (SSSR count). The third kappa shape index (κ3) is 1.87. The fourth-order valence-electron chi connectivity index (χ4n) is 1.23. The number of thioether (sulfide) groups is 1. The molecule has 0 aromatic heterocycles. The van der Waals surface area contributed by atoms with E-state index in [4.69, 9.17) is 5.11 Å².